The van der Waals surface area contributed by atoms with Gasteiger partial charge in [-0.1, -0.05) is 45.0 Å². The van der Waals surface area contributed by atoms with Gasteiger partial charge < -0.3 is 10.6 Å². The highest BCUT2D eigenvalue weighted by Crippen LogP contribution is 2.22. The highest BCUT2D eigenvalue weighted by Gasteiger charge is 2.12. The van der Waals surface area contributed by atoms with Gasteiger partial charge in [-0.15, -0.1) is 0 Å². The van der Waals surface area contributed by atoms with Gasteiger partial charge in [0.1, 0.15) is 0 Å². The molecule has 0 radical (unpaired) electrons. The van der Waals surface area contributed by atoms with Crippen LogP contribution in [0.1, 0.15) is 31.9 Å². The summed E-state index contributed by atoms with van der Waals surface area (Å²) in [7, 11) is 3.64. The van der Waals surface area contributed by atoms with E-state index in [-0.39, 0.29) is 5.41 Å². The minimum absolute atomic E-state index is 0.227. The molecular formula is C15H25N3. The molecule has 0 atom stereocenters. The molecule has 0 amide bonds. The van der Waals surface area contributed by atoms with Gasteiger partial charge in [0.2, 0.25) is 0 Å². The summed E-state index contributed by atoms with van der Waals surface area (Å²) < 4.78 is 0. The van der Waals surface area contributed by atoms with Crippen LogP contribution in [-0.4, -0.2) is 26.6 Å². The van der Waals surface area contributed by atoms with Gasteiger partial charge in [0.15, 0.2) is 5.96 Å². The summed E-state index contributed by atoms with van der Waals surface area (Å²) in [5.74, 6) is 0.835. The molecule has 0 saturated heterocycles. The molecule has 0 unspecified atom stereocenters. The van der Waals surface area contributed by atoms with Crippen molar-refractivity contribution < 1.29 is 0 Å². The van der Waals surface area contributed by atoms with Crippen molar-refractivity contribution in [1.29, 1.82) is 0 Å². The summed E-state index contributed by atoms with van der Waals surface area (Å²) in [6.45, 7) is 7.60. The Hall–Kier alpha value is -1.51. The van der Waals surface area contributed by atoms with E-state index >= 15 is 0 Å². The number of guanidine groups is 1. The lowest BCUT2D eigenvalue weighted by molar-refractivity contribution is 0.590. The quantitative estimate of drug-likeness (QED) is 0.635. The molecule has 100 valence electrons. The predicted octanol–water partition coefficient (Wildman–Crippen LogP) is 2.32. The van der Waals surface area contributed by atoms with Crippen LogP contribution in [0.3, 0.4) is 0 Å². The van der Waals surface area contributed by atoms with Crippen molar-refractivity contribution in [2.45, 2.75) is 32.6 Å². The lowest BCUT2D eigenvalue weighted by Crippen LogP contribution is -2.35. The van der Waals surface area contributed by atoms with E-state index in [1.54, 1.807) is 7.05 Å². The minimum Gasteiger partial charge on any atom is -0.359 e. The zero-order chi connectivity index (χ0) is 13.6. The highest BCUT2D eigenvalue weighted by molar-refractivity contribution is 5.79. The maximum atomic E-state index is 4.08. The molecule has 0 fully saturated rings. The summed E-state index contributed by atoms with van der Waals surface area (Å²) in [6.07, 6.45) is 1.01. The first-order valence-corrected chi connectivity index (χ1v) is 6.45. The molecule has 1 aromatic carbocycles. The molecule has 2 N–H and O–H groups in total. The third kappa shape index (κ3) is 4.40. The molecule has 0 spiro atoms. The average molecular weight is 247 g/mol. The number of aliphatic imine (C=N–C) groups is 1. The average Bonchev–Trinajstić information content (AvgIpc) is 2.34. The van der Waals surface area contributed by atoms with Gasteiger partial charge in [-0.05, 0) is 23.0 Å². The van der Waals surface area contributed by atoms with E-state index in [4.69, 9.17) is 0 Å². The maximum Gasteiger partial charge on any atom is 0.190 e. The van der Waals surface area contributed by atoms with Crippen molar-refractivity contribution in [1.82, 2.24) is 10.6 Å². The first-order chi connectivity index (χ1) is 8.47. The highest BCUT2D eigenvalue weighted by atomic mass is 15.1. The molecule has 0 heterocycles. The maximum absolute atomic E-state index is 4.08. The number of rotatable bonds is 3. The Balaban J connectivity index is 2.50. The number of hydrogen-bond donors (Lipinski definition) is 2. The molecule has 0 aliphatic heterocycles. The molecule has 0 bridgehead atoms. The van der Waals surface area contributed by atoms with Crippen LogP contribution in [0.5, 0.6) is 0 Å². The molecule has 1 aromatic rings. The molecule has 0 aliphatic carbocycles. The standard InChI is InChI=1S/C15H25N3/c1-15(2,3)13-8-6-12(7-9-13)10-11-18-14(16-4)17-5/h6-9H,10-11H2,1-5H3,(H2,16,17,18). The second-order valence-electron chi connectivity index (χ2n) is 5.45. The Bertz CT molecular complexity index is 385. The van der Waals surface area contributed by atoms with Crippen molar-refractivity contribution in [3.8, 4) is 0 Å². The van der Waals surface area contributed by atoms with E-state index in [0.29, 0.717) is 0 Å². The van der Waals surface area contributed by atoms with Crippen LogP contribution >= 0.6 is 0 Å². The Kier molecular flexibility index (Phi) is 5.20. The van der Waals surface area contributed by atoms with Crippen LogP contribution in [-0.2, 0) is 11.8 Å². The smallest absolute Gasteiger partial charge is 0.190 e. The second kappa shape index (κ2) is 6.43. The lowest BCUT2D eigenvalue weighted by Gasteiger charge is -2.19. The van der Waals surface area contributed by atoms with Gasteiger partial charge in [0.25, 0.3) is 0 Å². The van der Waals surface area contributed by atoms with Crippen LogP contribution < -0.4 is 10.6 Å². The Morgan fingerprint density at radius 3 is 2.22 bits per heavy atom. The van der Waals surface area contributed by atoms with E-state index in [0.717, 1.165) is 18.9 Å². The number of benzene rings is 1. The molecule has 0 saturated carbocycles. The monoisotopic (exact) mass is 247 g/mol. The molecular weight excluding hydrogens is 222 g/mol. The number of nitrogens with one attached hydrogen (secondary N) is 2. The van der Waals surface area contributed by atoms with E-state index in [2.05, 4.69) is 60.7 Å². The van der Waals surface area contributed by atoms with Crippen molar-refractivity contribution in [3.63, 3.8) is 0 Å². The molecule has 0 aliphatic rings. The van der Waals surface area contributed by atoms with Crippen molar-refractivity contribution >= 4 is 5.96 Å². The van der Waals surface area contributed by atoms with Gasteiger partial charge in [-0.3, -0.25) is 4.99 Å². The number of nitrogens with zero attached hydrogens (tertiary/aromatic N) is 1. The van der Waals surface area contributed by atoms with Crippen molar-refractivity contribution in [2.75, 3.05) is 20.6 Å². The largest absolute Gasteiger partial charge is 0.359 e. The third-order valence-electron chi connectivity index (χ3n) is 2.99. The van der Waals surface area contributed by atoms with Gasteiger partial charge >= 0.3 is 0 Å². The normalized spacial score (nSPS) is 12.4. The van der Waals surface area contributed by atoms with Crippen molar-refractivity contribution in [3.05, 3.63) is 35.4 Å². The van der Waals surface area contributed by atoms with E-state index in [9.17, 15) is 0 Å². The Morgan fingerprint density at radius 2 is 1.78 bits per heavy atom. The lowest BCUT2D eigenvalue weighted by atomic mass is 9.86. The van der Waals surface area contributed by atoms with Gasteiger partial charge in [0, 0.05) is 20.6 Å². The summed E-state index contributed by atoms with van der Waals surface area (Å²) in [4.78, 5) is 4.08. The Labute approximate surface area is 111 Å². The summed E-state index contributed by atoms with van der Waals surface area (Å²) in [6, 6.07) is 8.87. The first kappa shape index (κ1) is 14.6. The molecule has 3 nitrogen and oxygen atoms in total. The van der Waals surface area contributed by atoms with Crippen LogP contribution in [0.4, 0.5) is 0 Å². The first-order valence-electron chi connectivity index (χ1n) is 6.45. The topological polar surface area (TPSA) is 36.4 Å². The van der Waals surface area contributed by atoms with Crippen molar-refractivity contribution in [2.24, 2.45) is 4.99 Å². The third-order valence-corrected chi connectivity index (χ3v) is 2.99. The SMILES string of the molecule is CN=C(NC)NCCc1ccc(C(C)(C)C)cc1. The molecule has 18 heavy (non-hydrogen) atoms. The summed E-state index contributed by atoms with van der Waals surface area (Å²) in [5.41, 5.74) is 2.96. The van der Waals surface area contributed by atoms with E-state index in [1.165, 1.54) is 11.1 Å². The van der Waals surface area contributed by atoms with Gasteiger partial charge in [0.05, 0.1) is 0 Å². The van der Waals surface area contributed by atoms with Crippen LogP contribution in [0, 0.1) is 0 Å². The second-order valence-corrected chi connectivity index (χ2v) is 5.45. The predicted molar refractivity (Wildman–Crippen MR) is 79.3 cm³/mol. The fraction of sp³-hybridized carbons (Fsp3) is 0.533. The minimum atomic E-state index is 0.227. The summed E-state index contributed by atoms with van der Waals surface area (Å²) >= 11 is 0. The van der Waals surface area contributed by atoms with Crippen LogP contribution in [0.25, 0.3) is 0 Å². The molecule has 0 aromatic heterocycles. The Morgan fingerprint density at radius 1 is 1.17 bits per heavy atom. The zero-order valence-electron chi connectivity index (χ0n) is 12.2. The van der Waals surface area contributed by atoms with Gasteiger partial charge in [-0.2, -0.15) is 0 Å². The molecule has 1 rings (SSSR count). The van der Waals surface area contributed by atoms with Gasteiger partial charge in [-0.25, -0.2) is 0 Å². The van der Waals surface area contributed by atoms with Crippen LogP contribution in [0.15, 0.2) is 29.3 Å². The fourth-order valence-electron chi connectivity index (χ4n) is 1.78. The van der Waals surface area contributed by atoms with Crippen LogP contribution in [0.2, 0.25) is 0 Å². The number of hydrogen-bond acceptors (Lipinski definition) is 1. The summed E-state index contributed by atoms with van der Waals surface area (Å²) in [5, 5.41) is 6.26. The van der Waals surface area contributed by atoms with E-state index in [1.807, 2.05) is 7.05 Å². The fourth-order valence-corrected chi connectivity index (χ4v) is 1.78. The van der Waals surface area contributed by atoms with E-state index < -0.39 is 0 Å². The molecule has 3 heteroatoms. The zero-order valence-corrected chi connectivity index (χ0v) is 12.2.